The van der Waals surface area contributed by atoms with E-state index in [0.717, 1.165) is 24.3 Å². The van der Waals surface area contributed by atoms with Crippen LogP contribution in [0.25, 0.3) is 0 Å². The van der Waals surface area contributed by atoms with Crippen molar-refractivity contribution in [3.05, 3.63) is 72.3 Å². The quantitative estimate of drug-likeness (QED) is 0.588. The van der Waals surface area contributed by atoms with Gasteiger partial charge in [-0.15, -0.1) is 0 Å². The molecule has 0 aliphatic carbocycles. The van der Waals surface area contributed by atoms with Crippen molar-refractivity contribution in [2.45, 2.75) is 32.6 Å². The van der Waals surface area contributed by atoms with Crippen molar-refractivity contribution in [1.82, 2.24) is 0 Å². The number of hydrogen-bond donors (Lipinski definition) is 0. The van der Waals surface area contributed by atoms with E-state index in [-0.39, 0.29) is 0 Å². The van der Waals surface area contributed by atoms with E-state index in [4.69, 9.17) is 4.74 Å². The van der Waals surface area contributed by atoms with Crippen molar-refractivity contribution in [3.8, 4) is 11.5 Å². The Balaban J connectivity index is 2.05. The minimum absolute atomic E-state index is 0.594. The Kier molecular flexibility index (Phi) is 5.43. The highest BCUT2D eigenvalue weighted by Crippen LogP contribution is 2.27. The molecule has 0 N–H and O–H groups in total. The van der Waals surface area contributed by atoms with Gasteiger partial charge in [0, 0.05) is 0 Å². The molecule has 20 heavy (non-hydrogen) atoms. The summed E-state index contributed by atoms with van der Waals surface area (Å²) in [5, 5.41) is 0. The summed E-state index contributed by atoms with van der Waals surface area (Å²) in [4.78, 5) is 0. The molecule has 0 aromatic heterocycles. The first kappa shape index (κ1) is 14.4. The molecule has 0 saturated carbocycles. The van der Waals surface area contributed by atoms with Crippen LogP contribution in [-0.4, -0.2) is 0 Å². The Morgan fingerprint density at radius 2 is 1.60 bits per heavy atom. The zero-order chi connectivity index (χ0) is 14.2. The second kappa shape index (κ2) is 7.54. The lowest BCUT2D eigenvalue weighted by Crippen LogP contribution is -1.95. The maximum atomic E-state index is 5.81. The number of benzene rings is 2. The van der Waals surface area contributed by atoms with Crippen LogP contribution in [0.3, 0.4) is 0 Å². The van der Waals surface area contributed by atoms with Gasteiger partial charge in [-0.25, -0.2) is 0 Å². The molecule has 1 atom stereocenters. The minimum atomic E-state index is 0.594. The standard InChI is InChI=1S/C19H22O/c1-3-5-9-16(4-2)17-12-14-19(15-13-17)20-18-10-7-6-8-11-18/h3,5-8,10-16H,4,9H2,1-2H3/b5-3-. The van der Waals surface area contributed by atoms with Gasteiger partial charge in [-0.3, -0.25) is 0 Å². The normalized spacial score (nSPS) is 12.5. The van der Waals surface area contributed by atoms with Crippen LogP contribution in [-0.2, 0) is 0 Å². The third-order valence-electron chi connectivity index (χ3n) is 3.48. The second-order valence-electron chi connectivity index (χ2n) is 4.89. The van der Waals surface area contributed by atoms with Gasteiger partial charge in [-0.1, -0.05) is 49.4 Å². The first-order valence-corrected chi connectivity index (χ1v) is 7.27. The molecular formula is C19H22O. The molecule has 1 unspecified atom stereocenters. The fourth-order valence-corrected chi connectivity index (χ4v) is 2.27. The summed E-state index contributed by atoms with van der Waals surface area (Å²) in [6.07, 6.45) is 6.62. The number of allylic oxidation sites excluding steroid dienone is 2. The Morgan fingerprint density at radius 3 is 2.20 bits per heavy atom. The molecule has 2 rings (SSSR count). The first-order valence-electron chi connectivity index (χ1n) is 7.27. The SMILES string of the molecule is C/C=C\CC(CC)c1ccc(Oc2ccccc2)cc1. The molecule has 1 nitrogen and oxygen atoms in total. The van der Waals surface area contributed by atoms with Crippen LogP contribution in [0.2, 0.25) is 0 Å². The summed E-state index contributed by atoms with van der Waals surface area (Å²) in [6, 6.07) is 18.3. The molecule has 2 aromatic carbocycles. The summed E-state index contributed by atoms with van der Waals surface area (Å²) >= 11 is 0. The first-order chi connectivity index (χ1) is 9.83. The molecule has 0 amide bonds. The molecule has 0 aliphatic heterocycles. The van der Waals surface area contributed by atoms with Crippen LogP contribution < -0.4 is 4.74 Å². The zero-order valence-electron chi connectivity index (χ0n) is 12.3. The lowest BCUT2D eigenvalue weighted by atomic mass is 9.93. The van der Waals surface area contributed by atoms with E-state index in [1.54, 1.807) is 0 Å². The predicted octanol–water partition coefficient (Wildman–Crippen LogP) is 5.94. The third kappa shape index (κ3) is 3.99. The van der Waals surface area contributed by atoms with Crippen LogP contribution in [0.1, 0.15) is 38.2 Å². The van der Waals surface area contributed by atoms with Gasteiger partial charge in [-0.2, -0.15) is 0 Å². The van der Waals surface area contributed by atoms with Gasteiger partial charge in [0.25, 0.3) is 0 Å². The lowest BCUT2D eigenvalue weighted by molar-refractivity contribution is 0.482. The minimum Gasteiger partial charge on any atom is -0.457 e. The van der Waals surface area contributed by atoms with E-state index in [1.165, 1.54) is 5.56 Å². The monoisotopic (exact) mass is 266 g/mol. The fraction of sp³-hybridized carbons (Fsp3) is 0.263. The lowest BCUT2D eigenvalue weighted by Gasteiger charge is -2.14. The van der Waals surface area contributed by atoms with Crippen molar-refractivity contribution in [2.24, 2.45) is 0 Å². The summed E-state index contributed by atoms with van der Waals surface area (Å²) in [5.41, 5.74) is 1.38. The van der Waals surface area contributed by atoms with E-state index in [2.05, 4.69) is 50.3 Å². The van der Waals surface area contributed by atoms with Gasteiger partial charge in [0.1, 0.15) is 11.5 Å². The number of ether oxygens (including phenoxy) is 1. The van der Waals surface area contributed by atoms with Gasteiger partial charge in [-0.05, 0) is 55.5 Å². The van der Waals surface area contributed by atoms with Crippen LogP contribution in [0, 0.1) is 0 Å². The highest BCUT2D eigenvalue weighted by atomic mass is 16.5. The predicted molar refractivity (Wildman–Crippen MR) is 85.4 cm³/mol. The number of para-hydroxylation sites is 1. The van der Waals surface area contributed by atoms with Gasteiger partial charge in [0.05, 0.1) is 0 Å². The molecule has 0 bridgehead atoms. The Hall–Kier alpha value is -2.02. The summed E-state index contributed by atoms with van der Waals surface area (Å²) in [7, 11) is 0. The van der Waals surface area contributed by atoms with E-state index < -0.39 is 0 Å². The topological polar surface area (TPSA) is 9.23 Å². The maximum Gasteiger partial charge on any atom is 0.127 e. The van der Waals surface area contributed by atoms with Gasteiger partial charge < -0.3 is 4.74 Å². The van der Waals surface area contributed by atoms with Crippen molar-refractivity contribution < 1.29 is 4.74 Å². The summed E-state index contributed by atoms with van der Waals surface area (Å²) < 4.78 is 5.81. The highest BCUT2D eigenvalue weighted by Gasteiger charge is 2.07. The molecule has 0 spiro atoms. The molecule has 0 fully saturated rings. The average molecular weight is 266 g/mol. The maximum absolute atomic E-state index is 5.81. The van der Waals surface area contributed by atoms with E-state index in [0.29, 0.717) is 5.92 Å². The largest absolute Gasteiger partial charge is 0.457 e. The molecular weight excluding hydrogens is 244 g/mol. The average Bonchev–Trinajstić information content (AvgIpc) is 2.50. The fourth-order valence-electron chi connectivity index (χ4n) is 2.27. The van der Waals surface area contributed by atoms with Gasteiger partial charge in [0.15, 0.2) is 0 Å². The number of rotatable bonds is 6. The van der Waals surface area contributed by atoms with Gasteiger partial charge in [0.2, 0.25) is 0 Å². The number of hydrogen-bond acceptors (Lipinski definition) is 1. The van der Waals surface area contributed by atoms with Crippen LogP contribution >= 0.6 is 0 Å². The Morgan fingerprint density at radius 1 is 0.950 bits per heavy atom. The van der Waals surface area contributed by atoms with Crippen molar-refractivity contribution in [2.75, 3.05) is 0 Å². The van der Waals surface area contributed by atoms with Crippen molar-refractivity contribution in [1.29, 1.82) is 0 Å². The van der Waals surface area contributed by atoms with Gasteiger partial charge >= 0.3 is 0 Å². The Labute approximate surface area is 121 Å². The molecule has 2 aromatic rings. The highest BCUT2D eigenvalue weighted by molar-refractivity contribution is 5.34. The molecule has 0 heterocycles. The molecule has 0 saturated heterocycles. The zero-order valence-corrected chi connectivity index (χ0v) is 12.3. The van der Waals surface area contributed by atoms with E-state index in [1.807, 2.05) is 30.3 Å². The Bertz CT molecular complexity index is 525. The van der Waals surface area contributed by atoms with E-state index >= 15 is 0 Å². The van der Waals surface area contributed by atoms with Crippen molar-refractivity contribution in [3.63, 3.8) is 0 Å². The molecule has 104 valence electrons. The third-order valence-corrected chi connectivity index (χ3v) is 3.48. The summed E-state index contributed by atoms with van der Waals surface area (Å²) in [6.45, 7) is 4.31. The summed E-state index contributed by atoms with van der Waals surface area (Å²) in [5.74, 6) is 2.36. The van der Waals surface area contributed by atoms with Crippen LogP contribution in [0.15, 0.2) is 66.7 Å². The van der Waals surface area contributed by atoms with Crippen molar-refractivity contribution >= 4 is 0 Å². The molecule has 0 aliphatic rings. The van der Waals surface area contributed by atoms with Crippen LogP contribution in [0.4, 0.5) is 0 Å². The molecule has 0 radical (unpaired) electrons. The smallest absolute Gasteiger partial charge is 0.127 e. The second-order valence-corrected chi connectivity index (χ2v) is 4.89. The molecule has 1 heteroatoms. The van der Waals surface area contributed by atoms with E-state index in [9.17, 15) is 0 Å². The van der Waals surface area contributed by atoms with Crippen LogP contribution in [0.5, 0.6) is 11.5 Å².